The molecule has 6 nitrogen and oxygen atoms in total. The highest BCUT2D eigenvalue weighted by atomic mass is 19.1. The zero-order valence-electron chi connectivity index (χ0n) is 15.9. The second-order valence-corrected chi connectivity index (χ2v) is 6.42. The monoisotopic (exact) mass is 399 g/mol. The SMILES string of the molecule is O=C(COC(=O)/C=C/c1ccc2c(c1)OCCCO2)NCCc1ccc(F)cc1. The van der Waals surface area contributed by atoms with Crippen LogP contribution in [0.25, 0.3) is 6.08 Å². The van der Waals surface area contributed by atoms with Gasteiger partial charge >= 0.3 is 5.97 Å². The summed E-state index contributed by atoms with van der Waals surface area (Å²) in [7, 11) is 0. The van der Waals surface area contributed by atoms with E-state index < -0.39 is 11.9 Å². The van der Waals surface area contributed by atoms with Crippen molar-refractivity contribution in [2.24, 2.45) is 0 Å². The standard InChI is InChI=1S/C22H22FNO5/c23-18-6-2-16(3-7-18)10-11-24-21(25)15-29-22(26)9-5-17-4-8-19-20(14-17)28-13-1-12-27-19/h2-9,14H,1,10-13,15H2,(H,24,25)/b9-5+. The van der Waals surface area contributed by atoms with Crippen molar-refractivity contribution in [1.29, 1.82) is 0 Å². The predicted octanol–water partition coefficient (Wildman–Crippen LogP) is 2.90. The van der Waals surface area contributed by atoms with Gasteiger partial charge in [-0.2, -0.15) is 0 Å². The van der Waals surface area contributed by atoms with Crippen LogP contribution in [0.4, 0.5) is 4.39 Å². The van der Waals surface area contributed by atoms with Gasteiger partial charge in [0.05, 0.1) is 13.2 Å². The molecule has 1 amide bonds. The second-order valence-electron chi connectivity index (χ2n) is 6.42. The van der Waals surface area contributed by atoms with Crippen LogP contribution in [-0.2, 0) is 20.7 Å². The van der Waals surface area contributed by atoms with E-state index in [1.165, 1.54) is 18.2 Å². The fourth-order valence-corrected chi connectivity index (χ4v) is 2.68. The molecule has 1 N–H and O–H groups in total. The highest BCUT2D eigenvalue weighted by molar-refractivity contribution is 5.89. The van der Waals surface area contributed by atoms with Gasteiger partial charge in [0.25, 0.3) is 5.91 Å². The second kappa shape index (κ2) is 10.3. The Morgan fingerprint density at radius 3 is 2.62 bits per heavy atom. The van der Waals surface area contributed by atoms with E-state index in [0.717, 1.165) is 17.5 Å². The first-order valence-electron chi connectivity index (χ1n) is 9.36. The number of rotatable bonds is 7. The summed E-state index contributed by atoms with van der Waals surface area (Å²) in [5.74, 6) is -0.00202. The van der Waals surface area contributed by atoms with Crippen molar-refractivity contribution in [3.8, 4) is 11.5 Å². The molecule has 0 radical (unpaired) electrons. The maximum Gasteiger partial charge on any atom is 0.331 e. The number of amides is 1. The molecule has 1 heterocycles. The topological polar surface area (TPSA) is 73.9 Å². The summed E-state index contributed by atoms with van der Waals surface area (Å²) in [5, 5.41) is 2.65. The summed E-state index contributed by atoms with van der Waals surface area (Å²) < 4.78 is 28.9. The van der Waals surface area contributed by atoms with Gasteiger partial charge in [0, 0.05) is 19.0 Å². The first kappa shape index (κ1) is 20.4. The van der Waals surface area contributed by atoms with E-state index in [1.807, 2.05) is 0 Å². The van der Waals surface area contributed by atoms with Crippen molar-refractivity contribution >= 4 is 18.0 Å². The number of hydrogen-bond donors (Lipinski definition) is 1. The Kier molecular flexibility index (Phi) is 7.22. The van der Waals surface area contributed by atoms with Crippen molar-refractivity contribution in [1.82, 2.24) is 5.32 Å². The number of halogens is 1. The molecule has 1 aliphatic heterocycles. The Morgan fingerprint density at radius 2 is 1.83 bits per heavy atom. The molecule has 2 aromatic carbocycles. The number of fused-ring (bicyclic) bond motifs is 1. The summed E-state index contributed by atoms with van der Waals surface area (Å²) in [6.07, 6.45) is 4.22. The van der Waals surface area contributed by atoms with Crippen LogP contribution in [0.1, 0.15) is 17.5 Å². The van der Waals surface area contributed by atoms with E-state index in [2.05, 4.69) is 5.32 Å². The average molecular weight is 399 g/mol. The van der Waals surface area contributed by atoms with Gasteiger partial charge in [-0.25, -0.2) is 9.18 Å². The molecule has 0 atom stereocenters. The Hall–Kier alpha value is -3.35. The van der Waals surface area contributed by atoms with Gasteiger partial charge in [-0.05, 0) is 47.9 Å². The molecule has 1 aliphatic rings. The van der Waals surface area contributed by atoms with Gasteiger partial charge in [-0.3, -0.25) is 4.79 Å². The van der Waals surface area contributed by atoms with Crippen molar-refractivity contribution < 1.29 is 28.2 Å². The molecule has 2 aromatic rings. The zero-order chi connectivity index (χ0) is 20.5. The number of carbonyl (C=O) groups is 2. The lowest BCUT2D eigenvalue weighted by Crippen LogP contribution is -2.30. The van der Waals surface area contributed by atoms with Crippen molar-refractivity contribution in [3.63, 3.8) is 0 Å². The summed E-state index contributed by atoms with van der Waals surface area (Å²) in [6.45, 7) is 1.20. The molecular weight excluding hydrogens is 377 g/mol. The van der Waals surface area contributed by atoms with E-state index in [1.54, 1.807) is 36.4 Å². The first-order valence-corrected chi connectivity index (χ1v) is 9.36. The fraction of sp³-hybridized carbons (Fsp3) is 0.273. The third kappa shape index (κ3) is 6.64. The van der Waals surface area contributed by atoms with E-state index in [-0.39, 0.29) is 12.4 Å². The predicted molar refractivity (Wildman–Crippen MR) is 105 cm³/mol. The van der Waals surface area contributed by atoms with Gasteiger partial charge < -0.3 is 19.5 Å². The molecule has 0 aliphatic carbocycles. The summed E-state index contributed by atoms with van der Waals surface area (Å²) in [5.41, 5.74) is 1.66. The van der Waals surface area contributed by atoms with Crippen molar-refractivity contribution in [2.45, 2.75) is 12.8 Å². The number of esters is 1. The molecule has 0 aromatic heterocycles. The number of nitrogens with one attached hydrogen (secondary N) is 1. The summed E-state index contributed by atoms with van der Waals surface area (Å²) in [6, 6.07) is 11.4. The van der Waals surface area contributed by atoms with E-state index in [9.17, 15) is 14.0 Å². The zero-order valence-corrected chi connectivity index (χ0v) is 15.9. The van der Waals surface area contributed by atoms with Crippen LogP contribution in [-0.4, -0.2) is 38.2 Å². The minimum Gasteiger partial charge on any atom is -0.490 e. The minimum atomic E-state index is -0.620. The Labute approximate surface area is 168 Å². The number of ether oxygens (including phenoxy) is 3. The van der Waals surface area contributed by atoms with Crippen LogP contribution < -0.4 is 14.8 Å². The molecule has 0 spiro atoms. The number of hydrogen-bond acceptors (Lipinski definition) is 5. The Morgan fingerprint density at radius 1 is 1.07 bits per heavy atom. The summed E-state index contributed by atoms with van der Waals surface area (Å²) >= 11 is 0. The molecule has 29 heavy (non-hydrogen) atoms. The molecule has 152 valence electrons. The molecule has 0 saturated heterocycles. The lowest BCUT2D eigenvalue weighted by molar-refractivity contribution is -0.143. The summed E-state index contributed by atoms with van der Waals surface area (Å²) in [4.78, 5) is 23.6. The fourth-order valence-electron chi connectivity index (χ4n) is 2.68. The normalized spacial score (nSPS) is 13.0. The third-order valence-corrected chi connectivity index (χ3v) is 4.18. The van der Waals surface area contributed by atoms with Gasteiger partial charge in [0.15, 0.2) is 18.1 Å². The van der Waals surface area contributed by atoms with Gasteiger partial charge in [-0.1, -0.05) is 18.2 Å². The lowest BCUT2D eigenvalue weighted by Gasteiger charge is -2.07. The van der Waals surface area contributed by atoms with Crippen LogP contribution in [0.3, 0.4) is 0 Å². The molecular formula is C22H22FNO5. The smallest absolute Gasteiger partial charge is 0.331 e. The van der Waals surface area contributed by atoms with Crippen molar-refractivity contribution in [3.05, 3.63) is 65.5 Å². The van der Waals surface area contributed by atoms with Crippen LogP contribution in [0.5, 0.6) is 11.5 Å². The van der Waals surface area contributed by atoms with E-state index >= 15 is 0 Å². The van der Waals surface area contributed by atoms with E-state index in [4.69, 9.17) is 14.2 Å². The first-order chi connectivity index (χ1) is 14.1. The number of carbonyl (C=O) groups excluding carboxylic acids is 2. The Bertz CT molecular complexity index is 879. The van der Waals surface area contributed by atoms with Crippen LogP contribution in [0.2, 0.25) is 0 Å². The highest BCUT2D eigenvalue weighted by Gasteiger charge is 2.10. The number of benzene rings is 2. The average Bonchev–Trinajstić information content (AvgIpc) is 2.97. The van der Waals surface area contributed by atoms with Crippen LogP contribution >= 0.6 is 0 Å². The molecule has 0 bridgehead atoms. The largest absolute Gasteiger partial charge is 0.490 e. The van der Waals surface area contributed by atoms with Gasteiger partial charge in [0.2, 0.25) is 0 Å². The van der Waals surface area contributed by atoms with Crippen molar-refractivity contribution in [2.75, 3.05) is 26.4 Å². The highest BCUT2D eigenvalue weighted by Crippen LogP contribution is 2.30. The van der Waals surface area contributed by atoms with Gasteiger partial charge in [-0.15, -0.1) is 0 Å². The Balaban J connectivity index is 1.39. The third-order valence-electron chi connectivity index (χ3n) is 4.18. The van der Waals surface area contributed by atoms with Gasteiger partial charge in [0.1, 0.15) is 5.82 Å². The molecule has 0 fully saturated rings. The maximum absolute atomic E-state index is 12.8. The molecule has 0 saturated carbocycles. The van der Waals surface area contributed by atoms with E-state index in [0.29, 0.717) is 37.7 Å². The molecule has 3 rings (SSSR count). The minimum absolute atomic E-state index is 0.301. The van der Waals surface area contributed by atoms with Crippen LogP contribution in [0, 0.1) is 5.82 Å². The quantitative estimate of drug-likeness (QED) is 0.573. The lowest BCUT2D eigenvalue weighted by atomic mass is 10.1. The molecule has 7 heteroatoms. The molecule has 0 unspecified atom stereocenters. The van der Waals surface area contributed by atoms with Crippen LogP contribution in [0.15, 0.2) is 48.5 Å². The maximum atomic E-state index is 12.8.